The van der Waals surface area contributed by atoms with E-state index in [1.807, 2.05) is 13.0 Å². The zero-order valence-corrected chi connectivity index (χ0v) is 9.42. The predicted octanol–water partition coefficient (Wildman–Crippen LogP) is 3.21. The van der Waals surface area contributed by atoms with Crippen LogP contribution in [-0.2, 0) is 0 Å². The van der Waals surface area contributed by atoms with Gasteiger partial charge in [-0.15, -0.1) is 0 Å². The maximum absolute atomic E-state index is 13.2. The van der Waals surface area contributed by atoms with Crippen LogP contribution in [0.2, 0.25) is 0 Å². The van der Waals surface area contributed by atoms with Crippen molar-refractivity contribution in [1.29, 1.82) is 0 Å². The zero-order chi connectivity index (χ0) is 11.2. The van der Waals surface area contributed by atoms with Gasteiger partial charge in [0.2, 0.25) is 0 Å². The summed E-state index contributed by atoms with van der Waals surface area (Å²) in [4.78, 5) is 0. The van der Waals surface area contributed by atoms with E-state index < -0.39 is 6.10 Å². The summed E-state index contributed by atoms with van der Waals surface area (Å²) in [5.41, 5.74) is 1.78. The lowest BCUT2D eigenvalue weighted by molar-refractivity contribution is 0.138. The highest BCUT2D eigenvalue weighted by Gasteiger charge is 2.50. The van der Waals surface area contributed by atoms with Crippen molar-refractivity contribution in [2.24, 2.45) is 11.3 Å². The molecule has 1 aliphatic carbocycles. The number of hydrogen-bond acceptors (Lipinski definition) is 1. The minimum atomic E-state index is -0.519. The van der Waals surface area contributed by atoms with E-state index in [1.54, 1.807) is 0 Å². The highest BCUT2D eigenvalue weighted by Crippen LogP contribution is 2.57. The van der Waals surface area contributed by atoms with Crippen LogP contribution in [0.1, 0.15) is 37.5 Å². The number of aliphatic hydroxyl groups is 1. The quantitative estimate of drug-likeness (QED) is 0.791. The molecule has 0 spiro atoms. The van der Waals surface area contributed by atoms with Gasteiger partial charge in [0.15, 0.2) is 0 Å². The van der Waals surface area contributed by atoms with Crippen LogP contribution in [0, 0.1) is 24.1 Å². The van der Waals surface area contributed by atoms with Gasteiger partial charge in [-0.05, 0) is 47.9 Å². The summed E-state index contributed by atoms with van der Waals surface area (Å²) in [6, 6.07) is 4.78. The molecule has 1 nitrogen and oxygen atoms in total. The average molecular weight is 208 g/mol. The summed E-state index contributed by atoms with van der Waals surface area (Å²) < 4.78 is 13.2. The van der Waals surface area contributed by atoms with E-state index in [-0.39, 0.29) is 17.2 Å². The lowest BCUT2D eigenvalue weighted by Gasteiger charge is -2.13. The molecule has 0 aliphatic heterocycles. The molecule has 0 radical (unpaired) electrons. The van der Waals surface area contributed by atoms with Gasteiger partial charge in [0.1, 0.15) is 5.82 Å². The van der Waals surface area contributed by atoms with Gasteiger partial charge >= 0.3 is 0 Å². The van der Waals surface area contributed by atoms with Crippen molar-refractivity contribution >= 4 is 0 Å². The molecule has 15 heavy (non-hydrogen) atoms. The molecule has 0 bridgehead atoms. The second kappa shape index (κ2) is 3.31. The molecule has 2 atom stereocenters. The molecule has 2 unspecified atom stereocenters. The van der Waals surface area contributed by atoms with E-state index in [2.05, 4.69) is 13.8 Å². The molecule has 1 aliphatic rings. The number of hydrogen-bond donors (Lipinski definition) is 1. The fourth-order valence-electron chi connectivity index (χ4n) is 2.21. The highest BCUT2D eigenvalue weighted by molar-refractivity contribution is 5.27. The van der Waals surface area contributed by atoms with Crippen molar-refractivity contribution < 1.29 is 9.50 Å². The number of aliphatic hydroxyl groups excluding tert-OH is 1. The molecule has 2 heteroatoms. The number of aryl methyl sites for hydroxylation is 1. The summed E-state index contributed by atoms with van der Waals surface area (Å²) in [7, 11) is 0. The molecular formula is C13H17FO. The van der Waals surface area contributed by atoms with Crippen LogP contribution in [0.15, 0.2) is 18.2 Å². The first kappa shape index (κ1) is 10.6. The van der Waals surface area contributed by atoms with Crippen LogP contribution in [-0.4, -0.2) is 5.11 Å². The lowest BCUT2D eigenvalue weighted by atomic mass is 9.98. The average Bonchev–Trinajstić information content (AvgIpc) is 2.72. The van der Waals surface area contributed by atoms with Crippen molar-refractivity contribution in [3.05, 3.63) is 35.1 Å². The highest BCUT2D eigenvalue weighted by atomic mass is 19.1. The maximum Gasteiger partial charge on any atom is 0.123 e. The largest absolute Gasteiger partial charge is 0.388 e. The van der Waals surface area contributed by atoms with Gasteiger partial charge in [-0.3, -0.25) is 0 Å². The first-order valence-corrected chi connectivity index (χ1v) is 5.35. The first-order chi connectivity index (χ1) is 6.90. The van der Waals surface area contributed by atoms with Gasteiger partial charge in [-0.2, -0.15) is 0 Å². The van der Waals surface area contributed by atoms with Crippen LogP contribution in [0.4, 0.5) is 4.39 Å². The van der Waals surface area contributed by atoms with Crippen molar-refractivity contribution in [3.8, 4) is 0 Å². The number of halogens is 1. The fourth-order valence-corrected chi connectivity index (χ4v) is 2.21. The molecule has 1 saturated carbocycles. The van der Waals surface area contributed by atoms with Crippen LogP contribution in [0.5, 0.6) is 0 Å². The van der Waals surface area contributed by atoms with Crippen LogP contribution in [0.25, 0.3) is 0 Å². The Morgan fingerprint density at radius 1 is 1.40 bits per heavy atom. The molecule has 1 aromatic carbocycles. The van der Waals surface area contributed by atoms with Crippen molar-refractivity contribution in [3.63, 3.8) is 0 Å². The fraction of sp³-hybridized carbons (Fsp3) is 0.538. The van der Waals surface area contributed by atoms with E-state index in [9.17, 15) is 9.50 Å². The molecule has 0 heterocycles. The summed E-state index contributed by atoms with van der Waals surface area (Å²) in [6.45, 7) is 6.11. The molecule has 0 saturated heterocycles. The van der Waals surface area contributed by atoms with E-state index in [0.717, 1.165) is 12.0 Å². The third-order valence-corrected chi connectivity index (χ3v) is 3.38. The Morgan fingerprint density at radius 2 is 2.00 bits per heavy atom. The van der Waals surface area contributed by atoms with E-state index in [1.165, 1.54) is 12.1 Å². The topological polar surface area (TPSA) is 20.2 Å². The Kier molecular flexibility index (Phi) is 2.34. The molecular weight excluding hydrogens is 191 g/mol. The second-order valence-corrected chi connectivity index (χ2v) is 5.31. The summed E-state index contributed by atoms with van der Waals surface area (Å²) in [5, 5.41) is 10.1. The SMILES string of the molecule is Cc1cc(F)cc(C(O)C2CC2(C)C)c1. The smallest absolute Gasteiger partial charge is 0.123 e. The summed E-state index contributed by atoms with van der Waals surface area (Å²) in [5.74, 6) is 0.0150. The lowest BCUT2D eigenvalue weighted by Crippen LogP contribution is -2.05. The molecule has 2 rings (SSSR count). The minimum Gasteiger partial charge on any atom is -0.388 e. The molecule has 1 N–H and O–H groups in total. The van der Waals surface area contributed by atoms with Crippen LogP contribution >= 0.6 is 0 Å². The predicted molar refractivity (Wildman–Crippen MR) is 58.0 cm³/mol. The molecule has 82 valence electrons. The van der Waals surface area contributed by atoms with Crippen molar-refractivity contribution in [2.45, 2.75) is 33.3 Å². The summed E-state index contributed by atoms with van der Waals surface area (Å²) in [6.07, 6.45) is 0.499. The van der Waals surface area contributed by atoms with Crippen molar-refractivity contribution in [1.82, 2.24) is 0 Å². The zero-order valence-electron chi connectivity index (χ0n) is 9.42. The first-order valence-electron chi connectivity index (χ1n) is 5.35. The summed E-state index contributed by atoms with van der Waals surface area (Å²) >= 11 is 0. The van der Waals surface area contributed by atoms with Crippen molar-refractivity contribution in [2.75, 3.05) is 0 Å². The monoisotopic (exact) mass is 208 g/mol. The maximum atomic E-state index is 13.2. The molecule has 1 aromatic rings. The minimum absolute atomic E-state index is 0.208. The Balaban J connectivity index is 2.23. The van der Waals surface area contributed by atoms with Gasteiger partial charge in [-0.25, -0.2) is 4.39 Å². The van der Waals surface area contributed by atoms with E-state index in [4.69, 9.17) is 0 Å². The second-order valence-electron chi connectivity index (χ2n) is 5.31. The Morgan fingerprint density at radius 3 is 2.47 bits per heavy atom. The van der Waals surface area contributed by atoms with Gasteiger partial charge < -0.3 is 5.11 Å². The van der Waals surface area contributed by atoms with Gasteiger partial charge in [0.25, 0.3) is 0 Å². The number of rotatable bonds is 2. The van der Waals surface area contributed by atoms with E-state index in [0.29, 0.717) is 5.56 Å². The normalized spacial score (nSPS) is 25.0. The van der Waals surface area contributed by atoms with Gasteiger partial charge in [0.05, 0.1) is 6.10 Å². The van der Waals surface area contributed by atoms with E-state index >= 15 is 0 Å². The van der Waals surface area contributed by atoms with Crippen LogP contribution in [0.3, 0.4) is 0 Å². The Hall–Kier alpha value is -0.890. The Bertz CT molecular complexity index is 364. The molecule has 1 fully saturated rings. The third-order valence-electron chi connectivity index (χ3n) is 3.38. The standard InChI is InChI=1S/C13H17FO/c1-8-4-9(6-10(14)5-8)12(15)11-7-13(11,2)3/h4-6,11-12,15H,7H2,1-3H3. The molecule has 0 aromatic heterocycles. The molecule has 0 amide bonds. The van der Waals surface area contributed by atoms with Gasteiger partial charge in [0, 0.05) is 0 Å². The third kappa shape index (κ3) is 2.05. The Labute approximate surface area is 89.9 Å². The van der Waals surface area contributed by atoms with Gasteiger partial charge in [-0.1, -0.05) is 19.9 Å². The van der Waals surface area contributed by atoms with Crippen LogP contribution < -0.4 is 0 Å². The number of benzene rings is 1.